The van der Waals surface area contributed by atoms with E-state index < -0.39 is 0 Å². The number of halogens is 1. The number of carbonyl (C=O) groups excluding carboxylic acids is 1. The molecule has 0 bridgehead atoms. The Morgan fingerprint density at radius 2 is 2.31 bits per heavy atom. The summed E-state index contributed by atoms with van der Waals surface area (Å²) in [6.07, 6.45) is 4.76. The Morgan fingerprint density at radius 3 is 3.12 bits per heavy atom. The predicted molar refractivity (Wildman–Crippen MR) is 94.3 cm³/mol. The average molecular weight is 354 g/mol. The summed E-state index contributed by atoms with van der Waals surface area (Å²) in [4.78, 5) is 25.6. The summed E-state index contributed by atoms with van der Waals surface area (Å²) in [5, 5.41) is 0.696. The number of fused-ring (bicyclic) bond motifs is 1. The quantitative estimate of drug-likeness (QED) is 0.782. The molecule has 1 atom stereocenters. The van der Waals surface area contributed by atoms with Crippen LogP contribution in [0.5, 0.6) is 0 Å². The van der Waals surface area contributed by atoms with E-state index in [9.17, 15) is 9.18 Å². The number of aromatic amines is 1. The summed E-state index contributed by atoms with van der Waals surface area (Å²) in [6.45, 7) is 1.54. The number of rotatable bonds is 4. The molecule has 4 rings (SSSR count). The van der Waals surface area contributed by atoms with E-state index in [1.807, 2.05) is 6.07 Å². The number of morpholine rings is 1. The van der Waals surface area contributed by atoms with Crippen molar-refractivity contribution in [1.29, 1.82) is 0 Å². The van der Waals surface area contributed by atoms with Crippen LogP contribution in [0.4, 0.5) is 4.39 Å². The number of aryl methyl sites for hydroxylation is 1. The maximum atomic E-state index is 13.8. The predicted octanol–water partition coefficient (Wildman–Crippen LogP) is 2.57. The first-order valence-electron chi connectivity index (χ1n) is 8.64. The summed E-state index contributed by atoms with van der Waals surface area (Å²) in [7, 11) is 0. The SMILES string of the molecule is O=C(c1cc2cccc(F)c2[nH]1)N1CCO[C@@H](CCc2ccncn2)C1. The Bertz CT molecular complexity index is 912. The fourth-order valence-corrected chi connectivity index (χ4v) is 3.26. The van der Waals surface area contributed by atoms with Crippen LogP contribution in [0.25, 0.3) is 10.9 Å². The molecule has 1 aliphatic heterocycles. The molecule has 0 saturated carbocycles. The molecule has 0 radical (unpaired) electrons. The molecule has 1 amide bonds. The Balaban J connectivity index is 1.43. The molecule has 6 nitrogen and oxygen atoms in total. The molecule has 134 valence electrons. The Labute approximate surface area is 150 Å². The third kappa shape index (κ3) is 3.43. The van der Waals surface area contributed by atoms with E-state index in [0.717, 1.165) is 18.5 Å². The van der Waals surface area contributed by atoms with Crippen molar-refractivity contribution in [2.75, 3.05) is 19.7 Å². The molecule has 0 aliphatic carbocycles. The molecular weight excluding hydrogens is 335 g/mol. The van der Waals surface area contributed by atoms with E-state index in [-0.39, 0.29) is 17.8 Å². The second-order valence-corrected chi connectivity index (χ2v) is 6.37. The van der Waals surface area contributed by atoms with Crippen LogP contribution >= 0.6 is 0 Å². The van der Waals surface area contributed by atoms with Gasteiger partial charge in [0, 0.05) is 30.4 Å². The Morgan fingerprint density at radius 1 is 1.38 bits per heavy atom. The lowest BCUT2D eigenvalue weighted by Gasteiger charge is -2.32. The fourth-order valence-electron chi connectivity index (χ4n) is 3.26. The lowest BCUT2D eigenvalue weighted by molar-refractivity contribution is -0.0248. The van der Waals surface area contributed by atoms with Gasteiger partial charge >= 0.3 is 0 Å². The van der Waals surface area contributed by atoms with Gasteiger partial charge in [-0.3, -0.25) is 4.79 Å². The summed E-state index contributed by atoms with van der Waals surface area (Å²) >= 11 is 0. The summed E-state index contributed by atoms with van der Waals surface area (Å²) in [5.41, 5.74) is 1.73. The van der Waals surface area contributed by atoms with Gasteiger partial charge in [0.1, 0.15) is 17.8 Å². The highest BCUT2D eigenvalue weighted by molar-refractivity contribution is 5.98. The minimum absolute atomic E-state index is 0.0382. The van der Waals surface area contributed by atoms with E-state index >= 15 is 0 Å². The molecule has 7 heteroatoms. The summed E-state index contributed by atoms with van der Waals surface area (Å²) < 4.78 is 19.6. The number of nitrogens with zero attached hydrogens (tertiary/aromatic N) is 3. The van der Waals surface area contributed by atoms with Crippen molar-refractivity contribution in [3.63, 3.8) is 0 Å². The third-order valence-corrected chi connectivity index (χ3v) is 4.63. The van der Waals surface area contributed by atoms with Crippen molar-refractivity contribution in [2.45, 2.75) is 18.9 Å². The lowest BCUT2D eigenvalue weighted by atomic mass is 10.1. The van der Waals surface area contributed by atoms with Crippen LogP contribution in [0.15, 0.2) is 42.9 Å². The van der Waals surface area contributed by atoms with Crippen LogP contribution in [0.2, 0.25) is 0 Å². The zero-order valence-electron chi connectivity index (χ0n) is 14.2. The first-order chi connectivity index (χ1) is 12.7. The highest BCUT2D eigenvalue weighted by Crippen LogP contribution is 2.20. The number of amides is 1. The first-order valence-corrected chi connectivity index (χ1v) is 8.64. The number of nitrogens with one attached hydrogen (secondary N) is 1. The normalized spacial score (nSPS) is 17.6. The van der Waals surface area contributed by atoms with Gasteiger partial charge in [0.15, 0.2) is 0 Å². The molecular formula is C19H19FN4O2. The molecule has 3 aromatic rings. The monoisotopic (exact) mass is 354 g/mol. The standard InChI is InChI=1S/C19H19FN4O2/c20-16-3-1-2-13-10-17(23-18(13)16)19(25)24-8-9-26-15(11-24)5-4-14-6-7-21-12-22-14/h1-3,6-7,10,12,15,23H,4-5,8-9,11H2/t15-/m0/s1. The third-order valence-electron chi connectivity index (χ3n) is 4.63. The van der Waals surface area contributed by atoms with Crippen LogP contribution < -0.4 is 0 Å². The molecule has 3 heterocycles. The van der Waals surface area contributed by atoms with Crippen molar-refractivity contribution < 1.29 is 13.9 Å². The van der Waals surface area contributed by atoms with Crippen LogP contribution in [0.3, 0.4) is 0 Å². The van der Waals surface area contributed by atoms with Gasteiger partial charge < -0.3 is 14.6 Å². The van der Waals surface area contributed by atoms with Gasteiger partial charge in [-0.2, -0.15) is 0 Å². The number of para-hydroxylation sites is 1. The number of hydrogen-bond acceptors (Lipinski definition) is 4. The second kappa shape index (κ2) is 7.21. The van der Waals surface area contributed by atoms with E-state index in [1.165, 1.54) is 12.4 Å². The fraction of sp³-hybridized carbons (Fsp3) is 0.316. The molecule has 0 spiro atoms. The Hall–Kier alpha value is -2.80. The second-order valence-electron chi connectivity index (χ2n) is 6.37. The van der Waals surface area contributed by atoms with Crippen molar-refractivity contribution in [3.8, 4) is 0 Å². The van der Waals surface area contributed by atoms with Crippen LogP contribution in [-0.4, -0.2) is 51.6 Å². The van der Waals surface area contributed by atoms with Gasteiger partial charge in [-0.1, -0.05) is 12.1 Å². The number of benzene rings is 1. The van der Waals surface area contributed by atoms with E-state index in [2.05, 4.69) is 15.0 Å². The lowest BCUT2D eigenvalue weighted by Crippen LogP contribution is -2.45. The molecule has 1 aliphatic rings. The number of H-pyrrole nitrogens is 1. The largest absolute Gasteiger partial charge is 0.375 e. The number of hydrogen-bond donors (Lipinski definition) is 1. The topological polar surface area (TPSA) is 71.1 Å². The van der Waals surface area contributed by atoms with Gasteiger partial charge in [0.2, 0.25) is 0 Å². The molecule has 26 heavy (non-hydrogen) atoms. The summed E-state index contributed by atoms with van der Waals surface area (Å²) in [5.74, 6) is -0.484. The van der Waals surface area contributed by atoms with Gasteiger partial charge in [0.25, 0.3) is 5.91 Å². The molecule has 1 saturated heterocycles. The summed E-state index contributed by atoms with van der Waals surface area (Å²) in [6, 6.07) is 8.38. The van der Waals surface area contributed by atoms with Crippen molar-refractivity contribution >= 4 is 16.8 Å². The number of ether oxygens (including phenoxy) is 1. The molecule has 1 fully saturated rings. The van der Waals surface area contributed by atoms with Crippen LogP contribution in [0, 0.1) is 5.82 Å². The zero-order chi connectivity index (χ0) is 17.9. The molecule has 2 aromatic heterocycles. The highest BCUT2D eigenvalue weighted by Gasteiger charge is 2.26. The van der Waals surface area contributed by atoms with E-state index in [1.54, 1.807) is 29.3 Å². The van der Waals surface area contributed by atoms with Gasteiger partial charge in [-0.25, -0.2) is 14.4 Å². The smallest absolute Gasteiger partial charge is 0.270 e. The van der Waals surface area contributed by atoms with E-state index in [0.29, 0.717) is 36.3 Å². The number of carbonyl (C=O) groups is 1. The van der Waals surface area contributed by atoms with Gasteiger partial charge in [-0.05, 0) is 31.0 Å². The molecule has 0 unspecified atom stereocenters. The molecule has 1 N–H and O–H groups in total. The van der Waals surface area contributed by atoms with Crippen LogP contribution in [-0.2, 0) is 11.2 Å². The van der Waals surface area contributed by atoms with Gasteiger partial charge in [-0.15, -0.1) is 0 Å². The first kappa shape index (κ1) is 16.7. The molecule has 1 aromatic carbocycles. The highest BCUT2D eigenvalue weighted by atomic mass is 19.1. The minimum Gasteiger partial charge on any atom is -0.375 e. The zero-order valence-corrected chi connectivity index (χ0v) is 14.2. The average Bonchev–Trinajstić information content (AvgIpc) is 3.13. The maximum absolute atomic E-state index is 13.8. The van der Waals surface area contributed by atoms with Crippen LogP contribution in [0.1, 0.15) is 22.6 Å². The van der Waals surface area contributed by atoms with Crippen molar-refractivity contribution in [1.82, 2.24) is 19.9 Å². The maximum Gasteiger partial charge on any atom is 0.270 e. The van der Waals surface area contributed by atoms with Crippen molar-refractivity contribution in [3.05, 3.63) is 60.1 Å². The van der Waals surface area contributed by atoms with E-state index in [4.69, 9.17) is 4.74 Å². The van der Waals surface area contributed by atoms with Crippen molar-refractivity contribution in [2.24, 2.45) is 0 Å². The Kier molecular flexibility index (Phi) is 4.62. The van der Waals surface area contributed by atoms with Gasteiger partial charge in [0.05, 0.1) is 18.2 Å². The minimum atomic E-state index is -0.355. The number of aromatic nitrogens is 3.